The number of fused-ring (bicyclic) bond motifs is 6. The predicted octanol–water partition coefficient (Wildman–Crippen LogP) is 1.99. The van der Waals surface area contributed by atoms with Crippen LogP contribution in [0.1, 0.15) is 12.8 Å². The Morgan fingerprint density at radius 3 is 2.62 bits per heavy atom. The molecule has 0 unspecified atom stereocenters. The molecular weight excluding hydrogens is 379 g/mol. The Hall–Kier alpha value is -3.88. The fourth-order valence-electron chi connectivity index (χ4n) is 4.02. The number of aromatic nitrogens is 3. The molecule has 5 rings (SSSR count). The molecule has 3 heterocycles. The minimum absolute atomic E-state index is 0.0307. The Kier molecular flexibility index (Phi) is 3.45. The van der Waals surface area contributed by atoms with Gasteiger partial charge in [0.25, 0.3) is 5.56 Å². The van der Waals surface area contributed by atoms with E-state index in [1.54, 1.807) is 30.3 Å². The van der Waals surface area contributed by atoms with Crippen LogP contribution in [-0.2, 0) is 15.3 Å². The van der Waals surface area contributed by atoms with Crippen LogP contribution in [0.15, 0.2) is 53.3 Å². The molecule has 1 fully saturated rings. The summed E-state index contributed by atoms with van der Waals surface area (Å²) in [6.45, 7) is 0. The van der Waals surface area contributed by atoms with Gasteiger partial charge in [-0.25, -0.2) is 13.9 Å². The van der Waals surface area contributed by atoms with E-state index in [9.17, 15) is 23.9 Å². The number of halogens is 1. The summed E-state index contributed by atoms with van der Waals surface area (Å²) in [6.07, 6.45) is -0.0895. The van der Waals surface area contributed by atoms with Crippen LogP contribution in [0.5, 0.6) is 0 Å². The molecule has 3 aromatic rings. The second kappa shape index (κ2) is 5.81. The van der Waals surface area contributed by atoms with E-state index in [-0.39, 0.29) is 35.6 Å². The second-order valence-electron chi connectivity index (χ2n) is 6.88. The molecule has 2 aliphatic rings. The SMILES string of the molecule is O=C1CC[C@@]2(C(=O)O)N1c1ccc(F)cc1-c1nc(=O)c(-c3ccccc3)nn12. The van der Waals surface area contributed by atoms with E-state index >= 15 is 0 Å². The predicted molar refractivity (Wildman–Crippen MR) is 99.5 cm³/mol. The normalized spacial score (nSPS) is 19.5. The zero-order valence-electron chi connectivity index (χ0n) is 14.9. The van der Waals surface area contributed by atoms with Gasteiger partial charge in [-0.3, -0.25) is 14.5 Å². The molecule has 1 amide bonds. The van der Waals surface area contributed by atoms with E-state index < -0.39 is 28.9 Å². The Bertz CT molecular complexity index is 1260. The Labute approximate surface area is 162 Å². The van der Waals surface area contributed by atoms with Crippen LogP contribution in [-0.4, -0.2) is 31.7 Å². The third-order valence-corrected chi connectivity index (χ3v) is 5.30. The molecule has 144 valence electrons. The van der Waals surface area contributed by atoms with Crippen molar-refractivity contribution in [1.82, 2.24) is 14.8 Å². The smallest absolute Gasteiger partial charge is 0.353 e. The highest BCUT2D eigenvalue weighted by atomic mass is 19.1. The van der Waals surface area contributed by atoms with Gasteiger partial charge in [0.15, 0.2) is 11.5 Å². The minimum atomic E-state index is -1.87. The first kappa shape index (κ1) is 17.2. The molecule has 29 heavy (non-hydrogen) atoms. The van der Waals surface area contributed by atoms with Gasteiger partial charge in [-0.1, -0.05) is 30.3 Å². The van der Waals surface area contributed by atoms with Gasteiger partial charge in [-0.15, -0.1) is 0 Å². The first-order valence-electron chi connectivity index (χ1n) is 8.87. The van der Waals surface area contributed by atoms with Crippen molar-refractivity contribution < 1.29 is 19.1 Å². The third kappa shape index (κ3) is 2.21. The molecule has 0 saturated carbocycles. The maximum atomic E-state index is 14.0. The van der Waals surface area contributed by atoms with Gasteiger partial charge in [0, 0.05) is 24.0 Å². The summed E-state index contributed by atoms with van der Waals surface area (Å²) < 4.78 is 15.0. The molecule has 1 aromatic heterocycles. The highest BCUT2D eigenvalue weighted by Gasteiger charge is 2.58. The molecule has 0 bridgehead atoms. The van der Waals surface area contributed by atoms with Crippen molar-refractivity contribution in [3.63, 3.8) is 0 Å². The Morgan fingerprint density at radius 2 is 1.90 bits per heavy atom. The van der Waals surface area contributed by atoms with Crippen molar-refractivity contribution in [3.05, 3.63) is 64.7 Å². The number of carboxylic acids is 1. The molecule has 1 atom stereocenters. The van der Waals surface area contributed by atoms with Crippen molar-refractivity contribution in [2.75, 3.05) is 4.90 Å². The van der Waals surface area contributed by atoms with E-state index in [1.807, 2.05) is 0 Å². The van der Waals surface area contributed by atoms with Crippen molar-refractivity contribution in [2.24, 2.45) is 0 Å². The fraction of sp³-hybridized carbons (Fsp3) is 0.150. The molecule has 1 saturated heterocycles. The van der Waals surface area contributed by atoms with Gasteiger partial charge in [0.05, 0.1) is 5.69 Å². The largest absolute Gasteiger partial charge is 0.478 e. The number of aliphatic carboxylic acids is 1. The second-order valence-corrected chi connectivity index (χ2v) is 6.88. The lowest BCUT2D eigenvalue weighted by atomic mass is 10.00. The first-order chi connectivity index (χ1) is 13.9. The maximum absolute atomic E-state index is 14.0. The van der Waals surface area contributed by atoms with Crippen LogP contribution < -0.4 is 10.5 Å². The molecule has 2 aliphatic heterocycles. The zero-order chi connectivity index (χ0) is 20.3. The number of amides is 1. The average Bonchev–Trinajstić information content (AvgIpc) is 3.07. The summed E-state index contributed by atoms with van der Waals surface area (Å²) in [5.74, 6) is -2.42. The Balaban J connectivity index is 1.90. The van der Waals surface area contributed by atoms with Gasteiger partial charge >= 0.3 is 5.97 Å². The summed E-state index contributed by atoms with van der Waals surface area (Å²) in [5.41, 5.74) is -1.80. The highest BCUT2D eigenvalue weighted by molar-refractivity contribution is 6.07. The molecule has 0 radical (unpaired) electrons. The van der Waals surface area contributed by atoms with Crippen molar-refractivity contribution in [3.8, 4) is 22.6 Å². The maximum Gasteiger partial charge on any atom is 0.353 e. The number of hydrogen-bond acceptors (Lipinski definition) is 5. The summed E-state index contributed by atoms with van der Waals surface area (Å²) in [6, 6.07) is 12.1. The molecule has 1 N–H and O–H groups in total. The van der Waals surface area contributed by atoms with Crippen LogP contribution in [0.2, 0.25) is 0 Å². The van der Waals surface area contributed by atoms with E-state index in [2.05, 4.69) is 10.1 Å². The van der Waals surface area contributed by atoms with Crippen molar-refractivity contribution >= 4 is 17.6 Å². The standard InChI is InChI=1S/C20H13FN4O4/c21-12-6-7-14-13(10-12)17-22-18(27)16(11-4-2-1-3-5-11)23-25(17)20(19(28)29)9-8-15(26)24(14)20/h1-7,10H,8-9H2,(H,28,29)/t20-/m1/s1. The van der Waals surface area contributed by atoms with Crippen molar-refractivity contribution in [1.29, 1.82) is 0 Å². The van der Waals surface area contributed by atoms with Crippen LogP contribution in [0.3, 0.4) is 0 Å². The van der Waals surface area contributed by atoms with Crippen LogP contribution >= 0.6 is 0 Å². The van der Waals surface area contributed by atoms with E-state index in [4.69, 9.17) is 0 Å². The van der Waals surface area contributed by atoms with Gasteiger partial charge in [0.1, 0.15) is 5.82 Å². The monoisotopic (exact) mass is 392 g/mol. The van der Waals surface area contributed by atoms with Gasteiger partial charge < -0.3 is 5.11 Å². The van der Waals surface area contributed by atoms with Crippen LogP contribution in [0.25, 0.3) is 22.6 Å². The van der Waals surface area contributed by atoms with Crippen molar-refractivity contribution in [2.45, 2.75) is 18.5 Å². The molecule has 8 nitrogen and oxygen atoms in total. The Morgan fingerprint density at radius 1 is 1.14 bits per heavy atom. The number of benzene rings is 2. The average molecular weight is 392 g/mol. The number of rotatable bonds is 2. The number of anilines is 1. The molecule has 2 aromatic carbocycles. The van der Waals surface area contributed by atoms with Gasteiger partial charge in [0.2, 0.25) is 11.6 Å². The number of carbonyl (C=O) groups excluding carboxylic acids is 1. The summed E-state index contributed by atoms with van der Waals surface area (Å²) >= 11 is 0. The lowest BCUT2D eigenvalue weighted by Gasteiger charge is -2.41. The van der Waals surface area contributed by atoms with Crippen LogP contribution in [0.4, 0.5) is 10.1 Å². The number of carboxylic acid groups (broad SMARTS) is 1. The van der Waals surface area contributed by atoms with E-state index in [0.29, 0.717) is 5.56 Å². The van der Waals surface area contributed by atoms with Gasteiger partial charge in [-0.05, 0) is 18.2 Å². The quantitative estimate of drug-likeness (QED) is 0.715. The van der Waals surface area contributed by atoms with E-state index in [1.165, 1.54) is 6.07 Å². The highest BCUT2D eigenvalue weighted by Crippen LogP contribution is 2.48. The summed E-state index contributed by atoms with van der Waals surface area (Å²) in [5, 5.41) is 14.5. The molecule has 0 aliphatic carbocycles. The third-order valence-electron chi connectivity index (χ3n) is 5.30. The number of hydrogen-bond donors (Lipinski definition) is 1. The molecule has 0 spiro atoms. The lowest BCUT2D eigenvalue weighted by Crippen LogP contribution is -2.58. The van der Waals surface area contributed by atoms with Gasteiger partial charge in [-0.2, -0.15) is 10.1 Å². The molecule has 9 heteroatoms. The summed E-state index contributed by atoms with van der Waals surface area (Å²) in [7, 11) is 0. The zero-order valence-corrected chi connectivity index (χ0v) is 14.9. The fourth-order valence-corrected chi connectivity index (χ4v) is 4.02. The topological polar surface area (TPSA) is 105 Å². The number of carbonyl (C=O) groups is 2. The summed E-state index contributed by atoms with van der Waals surface area (Å²) in [4.78, 5) is 43.0. The lowest BCUT2D eigenvalue weighted by molar-refractivity contribution is -0.148. The first-order valence-corrected chi connectivity index (χ1v) is 8.87. The van der Waals surface area contributed by atoms with E-state index in [0.717, 1.165) is 21.7 Å². The minimum Gasteiger partial charge on any atom is -0.478 e. The van der Waals surface area contributed by atoms with Crippen LogP contribution in [0, 0.1) is 5.82 Å². The molecular formula is C20H13FN4O4. The number of nitrogens with zero attached hydrogens (tertiary/aromatic N) is 4.